The Morgan fingerprint density at radius 3 is 2.48 bits per heavy atom. The number of amides is 1. The lowest BCUT2D eigenvalue weighted by Crippen LogP contribution is -2.48. The SMILES string of the molecule is C=CC(C)/C(C)=C1/C=C(Oc2cc(F)c(Nc3ncnc(=C/C)/c3=C(OC)\C(=C\CC)N3CCN(C(=O)/C=C/CN(C)C)CC3)cc2F)C=CN1C. The Bertz CT molecular complexity index is 1910. The van der Waals surface area contributed by atoms with Crippen molar-refractivity contribution in [1.82, 2.24) is 29.6 Å². The number of ether oxygens (including phenoxy) is 2. The second-order valence-corrected chi connectivity index (χ2v) is 12.8. The van der Waals surface area contributed by atoms with E-state index in [1.807, 2.05) is 88.0 Å². The average molecular weight is 716 g/mol. The zero-order valence-corrected chi connectivity index (χ0v) is 31.5. The molecule has 0 saturated carbocycles. The number of rotatable bonds is 13. The van der Waals surface area contributed by atoms with Crippen molar-refractivity contribution in [2.24, 2.45) is 5.92 Å². The van der Waals surface area contributed by atoms with Crippen LogP contribution >= 0.6 is 0 Å². The first-order valence-corrected chi connectivity index (χ1v) is 17.4. The topological polar surface area (TPSA) is 86.3 Å². The van der Waals surface area contributed by atoms with E-state index in [0.717, 1.165) is 29.1 Å². The quantitative estimate of drug-likeness (QED) is 0.216. The molecule has 1 amide bonds. The first-order chi connectivity index (χ1) is 24.9. The van der Waals surface area contributed by atoms with Gasteiger partial charge in [-0.15, -0.1) is 6.58 Å². The number of halogens is 2. The highest BCUT2D eigenvalue weighted by Gasteiger charge is 2.25. The van der Waals surface area contributed by atoms with Crippen LogP contribution in [0.25, 0.3) is 11.8 Å². The molecule has 1 aromatic heterocycles. The van der Waals surface area contributed by atoms with Gasteiger partial charge >= 0.3 is 0 Å². The van der Waals surface area contributed by atoms with Crippen molar-refractivity contribution in [3.05, 3.63) is 113 Å². The number of carbonyl (C=O) groups is 1. The number of anilines is 2. The van der Waals surface area contributed by atoms with E-state index in [4.69, 9.17) is 9.47 Å². The fourth-order valence-corrected chi connectivity index (χ4v) is 5.84. The van der Waals surface area contributed by atoms with Gasteiger partial charge in [0.1, 0.15) is 17.9 Å². The molecule has 2 aromatic rings. The van der Waals surface area contributed by atoms with Gasteiger partial charge in [0.15, 0.2) is 23.1 Å². The van der Waals surface area contributed by atoms with Gasteiger partial charge in [-0.05, 0) is 51.9 Å². The number of carbonyl (C=O) groups excluding carboxylic acids is 1. The zero-order chi connectivity index (χ0) is 37.9. The van der Waals surface area contributed by atoms with Crippen LogP contribution in [0.5, 0.6) is 5.75 Å². The van der Waals surface area contributed by atoms with Crippen molar-refractivity contribution in [3.8, 4) is 5.75 Å². The molecule has 1 fully saturated rings. The van der Waals surface area contributed by atoms with Crippen molar-refractivity contribution in [3.63, 3.8) is 0 Å². The van der Waals surface area contributed by atoms with Gasteiger partial charge in [0.2, 0.25) is 5.91 Å². The van der Waals surface area contributed by atoms with Gasteiger partial charge in [0, 0.05) is 76.0 Å². The number of likely N-dealkylation sites (N-methyl/N-ethyl adjacent to an activating group) is 2. The van der Waals surface area contributed by atoms with Crippen molar-refractivity contribution >= 4 is 29.2 Å². The third kappa shape index (κ3) is 9.55. The van der Waals surface area contributed by atoms with Gasteiger partial charge in [-0.3, -0.25) is 4.79 Å². The molecule has 1 unspecified atom stereocenters. The highest BCUT2D eigenvalue weighted by atomic mass is 19.1. The lowest BCUT2D eigenvalue weighted by molar-refractivity contribution is -0.127. The van der Waals surface area contributed by atoms with E-state index in [0.29, 0.717) is 61.2 Å². The number of nitrogens with zero attached hydrogens (tertiary/aromatic N) is 6. The summed E-state index contributed by atoms with van der Waals surface area (Å²) in [7, 11) is 7.37. The summed E-state index contributed by atoms with van der Waals surface area (Å²) < 4.78 is 43.2. The van der Waals surface area contributed by atoms with Gasteiger partial charge in [-0.25, -0.2) is 18.7 Å². The molecule has 0 radical (unpaired) electrons. The average Bonchev–Trinajstić information content (AvgIpc) is 3.13. The Kier molecular flexibility index (Phi) is 13.9. The number of benzene rings is 1. The van der Waals surface area contributed by atoms with Crippen LogP contribution in [0, 0.1) is 17.6 Å². The van der Waals surface area contributed by atoms with E-state index in [1.54, 1.807) is 31.4 Å². The molecular formula is C40H51F2N7O3. The maximum atomic E-state index is 15.8. The first kappa shape index (κ1) is 39.6. The van der Waals surface area contributed by atoms with Crippen molar-refractivity contribution in [2.45, 2.75) is 34.1 Å². The van der Waals surface area contributed by atoms with Crippen LogP contribution in [0.15, 0.2) is 90.4 Å². The molecule has 2 aliphatic rings. The number of methoxy groups -OCH3 is 1. The van der Waals surface area contributed by atoms with E-state index in [1.165, 1.54) is 6.33 Å². The van der Waals surface area contributed by atoms with Crippen LogP contribution in [0.2, 0.25) is 0 Å². The second kappa shape index (κ2) is 18.3. The van der Waals surface area contributed by atoms with Crippen LogP contribution in [0.3, 0.4) is 0 Å². The normalized spacial score (nSPS) is 17.8. The summed E-state index contributed by atoms with van der Waals surface area (Å²) in [4.78, 5) is 29.6. The molecule has 1 saturated heterocycles. The summed E-state index contributed by atoms with van der Waals surface area (Å²) in [6.45, 7) is 14.6. The third-order valence-electron chi connectivity index (χ3n) is 8.94. The standard InChI is InChI=1S/C40H51F2N7O3/c1-10-14-34(48-19-21-49(22-20-48)37(50)15-13-17-46(6)7)39(51-9)38-32(12-3)43-26-44-40(38)45-33-24-31(42)36(25-30(33)41)52-29-16-18-47(8)35(23-29)28(5)27(4)11-2/h11-16,18,23-27H,2,10,17,19-22H2,1,3-9H3,(H,43,44,45)/b15-13+,32-12+,34-14-,35-28-,39-38-. The largest absolute Gasteiger partial charge is 0.494 e. The van der Waals surface area contributed by atoms with Crippen LogP contribution in [0.1, 0.15) is 34.1 Å². The Hall–Kier alpha value is -5.23. The zero-order valence-electron chi connectivity index (χ0n) is 31.5. The third-order valence-corrected chi connectivity index (χ3v) is 8.94. The summed E-state index contributed by atoms with van der Waals surface area (Å²) in [5, 5.41) is 4.03. The minimum atomic E-state index is -0.761. The van der Waals surface area contributed by atoms with E-state index >= 15 is 8.78 Å². The highest BCUT2D eigenvalue weighted by molar-refractivity contribution is 5.87. The van der Waals surface area contributed by atoms with E-state index in [-0.39, 0.29) is 29.1 Å². The number of aromatic nitrogens is 2. The molecule has 278 valence electrons. The summed E-state index contributed by atoms with van der Waals surface area (Å²) in [5.74, 6) is -0.601. The molecular weight excluding hydrogens is 664 g/mol. The number of hydrogen-bond donors (Lipinski definition) is 1. The maximum absolute atomic E-state index is 15.8. The summed E-state index contributed by atoms with van der Waals surface area (Å²) in [6.07, 6.45) is 16.5. The predicted molar refractivity (Wildman–Crippen MR) is 203 cm³/mol. The molecule has 10 nitrogen and oxygen atoms in total. The molecule has 1 aromatic carbocycles. The molecule has 1 N–H and O–H groups in total. The Morgan fingerprint density at radius 1 is 1.13 bits per heavy atom. The van der Waals surface area contributed by atoms with Gasteiger partial charge < -0.3 is 34.4 Å². The van der Waals surface area contributed by atoms with Crippen molar-refractivity contribution in [1.29, 1.82) is 0 Å². The molecule has 3 heterocycles. The number of hydrogen-bond acceptors (Lipinski definition) is 9. The molecule has 0 spiro atoms. The second-order valence-electron chi connectivity index (χ2n) is 12.8. The smallest absolute Gasteiger partial charge is 0.246 e. The van der Waals surface area contributed by atoms with Crippen LogP contribution < -0.4 is 20.6 Å². The fourth-order valence-electron chi connectivity index (χ4n) is 5.84. The number of nitrogens with one attached hydrogen (secondary N) is 1. The van der Waals surface area contributed by atoms with Crippen LogP contribution in [-0.4, -0.2) is 96.5 Å². The summed E-state index contributed by atoms with van der Waals surface area (Å²) >= 11 is 0. The Balaban J connectivity index is 1.66. The molecule has 4 rings (SSSR count). The Labute approximate surface area is 306 Å². The van der Waals surface area contributed by atoms with Crippen molar-refractivity contribution < 1.29 is 23.0 Å². The molecule has 12 heteroatoms. The minimum absolute atomic E-state index is 0.0238. The van der Waals surface area contributed by atoms with Gasteiger partial charge in [-0.2, -0.15) is 0 Å². The van der Waals surface area contributed by atoms with Crippen molar-refractivity contribution in [2.75, 3.05) is 66.3 Å². The predicted octanol–water partition coefficient (Wildman–Crippen LogP) is 5.43. The van der Waals surface area contributed by atoms with Crippen LogP contribution in [0.4, 0.5) is 20.3 Å². The van der Waals surface area contributed by atoms with Gasteiger partial charge in [0.05, 0.1) is 29.1 Å². The van der Waals surface area contributed by atoms with E-state index in [9.17, 15) is 4.79 Å². The van der Waals surface area contributed by atoms with Crippen LogP contribution in [-0.2, 0) is 9.53 Å². The molecule has 0 aliphatic carbocycles. The number of piperazine rings is 1. The highest BCUT2D eigenvalue weighted by Crippen LogP contribution is 2.30. The van der Waals surface area contributed by atoms with E-state index < -0.39 is 11.6 Å². The van der Waals surface area contributed by atoms with Gasteiger partial charge in [-0.1, -0.05) is 38.2 Å². The van der Waals surface area contributed by atoms with E-state index in [2.05, 4.69) is 26.8 Å². The summed E-state index contributed by atoms with van der Waals surface area (Å²) in [6, 6.07) is 2.06. The fraction of sp³-hybridized carbons (Fsp3) is 0.375. The minimum Gasteiger partial charge on any atom is -0.494 e. The monoisotopic (exact) mass is 715 g/mol. The van der Waals surface area contributed by atoms with Gasteiger partial charge in [0.25, 0.3) is 0 Å². The molecule has 2 aliphatic heterocycles. The molecule has 52 heavy (non-hydrogen) atoms. The molecule has 1 atom stereocenters. The lowest BCUT2D eigenvalue weighted by Gasteiger charge is -2.37. The summed E-state index contributed by atoms with van der Waals surface area (Å²) in [5.41, 5.74) is 2.60. The first-order valence-electron chi connectivity index (χ1n) is 17.4. The maximum Gasteiger partial charge on any atom is 0.246 e. The number of allylic oxidation sites excluding steroid dienone is 5. The lowest BCUT2D eigenvalue weighted by atomic mass is 9.99. The molecule has 0 bridgehead atoms. The Morgan fingerprint density at radius 2 is 1.85 bits per heavy atom.